The molecule has 0 spiro atoms. The highest BCUT2D eigenvalue weighted by Crippen LogP contribution is 2.34. The van der Waals surface area contributed by atoms with Crippen molar-refractivity contribution in [2.24, 2.45) is 0 Å². The van der Waals surface area contributed by atoms with Gasteiger partial charge < -0.3 is 29.7 Å². The number of nitro groups is 2. The molecule has 2 aromatic heterocycles. The number of rotatable bonds is 11. The Morgan fingerprint density at radius 3 is 1.53 bits per heavy atom. The molecule has 0 aliphatic rings. The molecule has 0 saturated heterocycles. The molecule has 3 N–H and O–H groups in total. The Hall–Kier alpha value is -7.55. The average Bonchev–Trinajstić information content (AvgIpc) is 3.17. The van der Waals surface area contributed by atoms with E-state index in [-0.39, 0.29) is 57.2 Å². The van der Waals surface area contributed by atoms with E-state index in [0.717, 1.165) is 11.1 Å². The zero-order valence-electron chi connectivity index (χ0n) is 30.0. The van der Waals surface area contributed by atoms with E-state index in [1.807, 2.05) is 24.3 Å². The van der Waals surface area contributed by atoms with Gasteiger partial charge in [0.05, 0.1) is 42.8 Å². The molecule has 304 valence electrons. The second kappa shape index (κ2) is 20.9. The van der Waals surface area contributed by atoms with Crippen molar-refractivity contribution in [2.75, 3.05) is 25.3 Å². The number of nitrogen functional groups attached to an aromatic ring is 1. The van der Waals surface area contributed by atoms with Crippen LogP contribution in [0.25, 0.3) is 22.3 Å². The Morgan fingerprint density at radius 2 is 1.10 bits per heavy atom. The summed E-state index contributed by atoms with van der Waals surface area (Å²) in [7, 11) is 3.06. The number of aromatic nitrogens is 2. The third-order valence-corrected chi connectivity index (χ3v) is 8.28. The molecule has 6 aromatic rings. The largest absolute Gasteiger partial charge is 0.496 e. The maximum atomic E-state index is 12.2. The van der Waals surface area contributed by atoms with Crippen LogP contribution >= 0.6 is 0 Å². The fourth-order valence-electron chi connectivity index (χ4n) is 5.73. The molecule has 0 radical (unpaired) electrons. The van der Waals surface area contributed by atoms with Crippen LogP contribution in [0.1, 0.15) is 40.3 Å². The average molecular weight is 793 g/mol. The monoisotopic (exact) mass is 792 g/mol. The van der Waals surface area contributed by atoms with E-state index in [2.05, 4.69) is 5.32 Å². The number of hydrogen-bond acceptors (Lipinski definition) is 10. The number of pyridine rings is 2. The van der Waals surface area contributed by atoms with Gasteiger partial charge >= 0.3 is 0 Å². The molecule has 0 saturated carbocycles. The number of nitrogens with zero attached hydrogens (tertiary/aromatic N) is 4. The molecule has 0 aliphatic carbocycles. The summed E-state index contributed by atoms with van der Waals surface area (Å²) in [5.74, 6) is 0.926. The van der Waals surface area contributed by atoms with Crippen molar-refractivity contribution >= 4 is 28.7 Å². The predicted octanol–water partition coefficient (Wildman–Crippen LogP) is 8.41. The van der Waals surface area contributed by atoms with Crippen LogP contribution in [0.15, 0.2) is 131 Å². The van der Waals surface area contributed by atoms with Crippen LogP contribution < -0.4 is 31.6 Å². The van der Waals surface area contributed by atoms with E-state index in [4.69, 9.17) is 15.2 Å². The maximum Gasteiger partial charge on any atom is 0.270 e. The number of ether oxygens (including phenoxy) is 2. The molecule has 0 bridgehead atoms. The quantitative estimate of drug-likeness (QED) is 0.0947. The van der Waals surface area contributed by atoms with E-state index in [1.54, 1.807) is 60.9 Å². The predicted molar refractivity (Wildman–Crippen MR) is 229 cm³/mol. The number of nitrogens with one attached hydrogen (secondary N) is 1. The normalized spacial score (nSPS) is 9.91. The lowest BCUT2D eigenvalue weighted by Crippen LogP contribution is -2.20. The first-order chi connectivity index (χ1) is 26.3. The van der Waals surface area contributed by atoms with Gasteiger partial charge in [-0.3, -0.25) is 34.6 Å². The fraction of sp³-hybridized carbons (Fsp3) is 0.186. The zero-order valence-corrected chi connectivity index (χ0v) is 30.0. The van der Waals surface area contributed by atoms with Gasteiger partial charge in [-0.05, 0) is 58.7 Å². The third kappa shape index (κ3) is 11.7. The molecular weight excluding hydrogens is 745 g/mol. The van der Waals surface area contributed by atoms with Crippen LogP contribution in [0.5, 0.6) is 11.5 Å². The van der Waals surface area contributed by atoms with Gasteiger partial charge in [0.2, 0.25) is 5.91 Å². The van der Waals surface area contributed by atoms with Crippen molar-refractivity contribution < 1.29 is 24.1 Å². The van der Waals surface area contributed by atoms with Crippen LogP contribution in [-0.2, 0) is 17.9 Å². The molecule has 1 amide bonds. The maximum absolute atomic E-state index is 12.2. The molecule has 0 atom stereocenters. The Labute approximate surface area is 336 Å². The Morgan fingerprint density at radius 1 is 0.655 bits per heavy atom. The van der Waals surface area contributed by atoms with E-state index >= 15 is 0 Å². The molecular formula is C43H48N6O9. The van der Waals surface area contributed by atoms with Gasteiger partial charge in [-0.15, -0.1) is 0 Å². The fourth-order valence-corrected chi connectivity index (χ4v) is 5.73. The lowest BCUT2D eigenvalue weighted by Gasteiger charge is -2.13. The van der Waals surface area contributed by atoms with E-state index in [9.17, 15) is 34.6 Å². The molecule has 0 fully saturated rings. The number of amides is 1. The SMILES string of the molecule is C.C.C.COc1ccc(Cn2cc(N)ccc2=O)cc1-c1cccc([N+](=O)[O-])c1.COc1ccc(Cn2cc(NC(C)=O)ccc2=O)cc1-c1cccc([N+](=O)[O-])c1. The zero-order chi connectivity index (χ0) is 39.6. The van der Waals surface area contributed by atoms with Gasteiger partial charge in [-0.1, -0.05) is 58.7 Å². The first kappa shape index (κ1) is 46.6. The highest BCUT2D eigenvalue weighted by Gasteiger charge is 2.14. The second-order valence-corrected chi connectivity index (χ2v) is 12.2. The minimum absolute atomic E-state index is 0. The number of nitrogens with two attached hydrogens (primary N) is 1. The Kier molecular flexibility index (Phi) is 16.8. The summed E-state index contributed by atoms with van der Waals surface area (Å²) in [5, 5.41) is 24.8. The summed E-state index contributed by atoms with van der Waals surface area (Å²) >= 11 is 0. The standard InChI is InChI=1S/C21H19N3O5.C19H17N3O4.3CH4/c1-14(25)22-17-7-9-21(26)23(13-17)12-15-6-8-20(29-2)19(10-15)16-4-3-5-18(11-16)24(27)28;1-26-18-7-5-13(11-21-12-15(20)6-8-19(21)23)9-17(18)14-3-2-4-16(10-14)22(24)25;;;/h3-11,13H,12H2,1-2H3,(H,22,25);2-10,12H,11,20H2,1H3;3*1H4. The number of methoxy groups -OCH3 is 2. The number of anilines is 2. The van der Waals surface area contributed by atoms with Crippen molar-refractivity contribution in [2.45, 2.75) is 42.3 Å². The molecule has 4 aromatic carbocycles. The number of nitro benzene ring substituents is 2. The highest BCUT2D eigenvalue weighted by molar-refractivity contribution is 5.88. The van der Waals surface area contributed by atoms with Crippen LogP contribution in [-0.4, -0.2) is 39.1 Å². The van der Waals surface area contributed by atoms with Gasteiger partial charge in [0, 0.05) is 72.5 Å². The van der Waals surface area contributed by atoms with Gasteiger partial charge in [-0.25, -0.2) is 0 Å². The minimum Gasteiger partial charge on any atom is -0.496 e. The second-order valence-electron chi connectivity index (χ2n) is 12.2. The molecule has 0 aliphatic heterocycles. The summed E-state index contributed by atoms with van der Waals surface area (Å²) in [6.07, 6.45) is 3.15. The first-order valence-electron chi connectivity index (χ1n) is 16.6. The summed E-state index contributed by atoms with van der Waals surface area (Å²) in [6, 6.07) is 29.4. The third-order valence-electron chi connectivity index (χ3n) is 8.28. The summed E-state index contributed by atoms with van der Waals surface area (Å²) in [5.41, 5.74) is 10.7. The van der Waals surface area contributed by atoms with Crippen molar-refractivity contribution in [3.05, 3.63) is 174 Å². The van der Waals surface area contributed by atoms with Gasteiger partial charge in [-0.2, -0.15) is 0 Å². The van der Waals surface area contributed by atoms with E-state index in [0.29, 0.717) is 51.7 Å². The van der Waals surface area contributed by atoms with Gasteiger partial charge in [0.1, 0.15) is 11.5 Å². The lowest BCUT2D eigenvalue weighted by atomic mass is 10.0. The number of non-ortho nitro benzene ring substituents is 2. The van der Waals surface area contributed by atoms with Crippen LogP contribution in [0.4, 0.5) is 22.7 Å². The number of benzene rings is 4. The summed E-state index contributed by atoms with van der Waals surface area (Å²) < 4.78 is 13.8. The van der Waals surface area contributed by atoms with Gasteiger partial charge in [0.25, 0.3) is 22.5 Å². The minimum atomic E-state index is -0.451. The van der Waals surface area contributed by atoms with Crippen molar-refractivity contribution in [1.82, 2.24) is 9.13 Å². The van der Waals surface area contributed by atoms with Crippen LogP contribution in [0, 0.1) is 20.2 Å². The lowest BCUT2D eigenvalue weighted by molar-refractivity contribution is -0.385. The van der Waals surface area contributed by atoms with Crippen molar-refractivity contribution in [1.29, 1.82) is 0 Å². The highest BCUT2D eigenvalue weighted by atomic mass is 16.6. The van der Waals surface area contributed by atoms with Crippen LogP contribution in [0.2, 0.25) is 0 Å². The molecule has 15 heteroatoms. The van der Waals surface area contributed by atoms with E-state index in [1.165, 1.54) is 66.7 Å². The molecule has 2 heterocycles. The number of carbonyl (C=O) groups excluding carboxylic acids is 1. The van der Waals surface area contributed by atoms with E-state index < -0.39 is 9.85 Å². The summed E-state index contributed by atoms with van der Waals surface area (Å²) in [6.45, 7) is 1.98. The first-order valence-corrected chi connectivity index (χ1v) is 16.6. The smallest absolute Gasteiger partial charge is 0.270 e. The number of carbonyl (C=O) groups is 1. The van der Waals surface area contributed by atoms with Crippen molar-refractivity contribution in [3.8, 4) is 33.8 Å². The topological polar surface area (TPSA) is 204 Å². The molecule has 0 unspecified atom stereocenters. The molecule has 6 rings (SSSR count). The Bertz CT molecular complexity index is 2510. The summed E-state index contributed by atoms with van der Waals surface area (Å²) in [4.78, 5) is 56.7. The van der Waals surface area contributed by atoms with Crippen molar-refractivity contribution in [3.63, 3.8) is 0 Å². The molecule has 58 heavy (non-hydrogen) atoms. The number of hydrogen-bond donors (Lipinski definition) is 2. The Balaban J connectivity index is 0.000000382. The van der Waals surface area contributed by atoms with Gasteiger partial charge in [0.15, 0.2) is 0 Å². The molecule has 15 nitrogen and oxygen atoms in total. The van der Waals surface area contributed by atoms with Crippen LogP contribution in [0.3, 0.4) is 0 Å².